The molecule has 3 aromatic rings. The molecule has 1 aliphatic heterocycles. The van der Waals surface area contributed by atoms with Crippen LogP contribution < -0.4 is 5.32 Å². The zero-order chi connectivity index (χ0) is 20.8. The fourth-order valence-corrected chi connectivity index (χ4v) is 3.63. The lowest BCUT2D eigenvalue weighted by Crippen LogP contribution is -2.48. The molecule has 0 aliphatic carbocycles. The van der Waals surface area contributed by atoms with Gasteiger partial charge in [-0.3, -0.25) is 4.57 Å². The van der Waals surface area contributed by atoms with Crippen molar-refractivity contribution >= 4 is 5.96 Å². The third kappa shape index (κ3) is 4.68. The van der Waals surface area contributed by atoms with E-state index in [1.807, 2.05) is 23.0 Å². The SMILES string of the molecule is CCNC(=NCc1ccc(-n2ccnc2)nc1)N1CCOC(c2ccccc2C)C1. The zero-order valence-corrected chi connectivity index (χ0v) is 17.5. The first-order valence-electron chi connectivity index (χ1n) is 10.4. The predicted molar refractivity (Wildman–Crippen MR) is 118 cm³/mol. The summed E-state index contributed by atoms with van der Waals surface area (Å²) in [6, 6.07) is 12.5. The second kappa shape index (κ2) is 9.54. The molecule has 1 aromatic carbocycles. The predicted octanol–water partition coefficient (Wildman–Crippen LogP) is 3.11. The number of nitrogens with zero attached hydrogens (tertiary/aromatic N) is 5. The lowest BCUT2D eigenvalue weighted by Gasteiger charge is -2.35. The van der Waals surface area contributed by atoms with E-state index in [2.05, 4.69) is 64.4 Å². The van der Waals surface area contributed by atoms with Gasteiger partial charge in [0, 0.05) is 31.7 Å². The summed E-state index contributed by atoms with van der Waals surface area (Å²) in [4.78, 5) is 15.7. The molecule has 156 valence electrons. The van der Waals surface area contributed by atoms with E-state index in [0.717, 1.165) is 37.0 Å². The van der Waals surface area contributed by atoms with Gasteiger partial charge < -0.3 is 15.0 Å². The fraction of sp³-hybridized carbons (Fsp3) is 0.348. The molecule has 0 amide bonds. The number of ether oxygens (including phenoxy) is 1. The van der Waals surface area contributed by atoms with E-state index in [4.69, 9.17) is 9.73 Å². The highest BCUT2D eigenvalue weighted by molar-refractivity contribution is 5.80. The third-order valence-corrected chi connectivity index (χ3v) is 5.23. The minimum Gasteiger partial charge on any atom is -0.370 e. The maximum Gasteiger partial charge on any atom is 0.194 e. The average molecular weight is 405 g/mol. The van der Waals surface area contributed by atoms with Crippen molar-refractivity contribution in [1.29, 1.82) is 0 Å². The zero-order valence-electron chi connectivity index (χ0n) is 17.5. The summed E-state index contributed by atoms with van der Waals surface area (Å²) in [7, 11) is 0. The average Bonchev–Trinajstić information content (AvgIpc) is 3.32. The summed E-state index contributed by atoms with van der Waals surface area (Å²) in [6.07, 6.45) is 7.30. The number of rotatable bonds is 5. The van der Waals surface area contributed by atoms with Crippen LogP contribution in [0.2, 0.25) is 0 Å². The summed E-state index contributed by atoms with van der Waals surface area (Å²) >= 11 is 0. The van der Waals surface area contributed by atoms with E-state index in [1.165, 1.54) is 11.1 Å². The molecule has 3 heterocycles. The number of morpholine rings is 1. The van der Waals surface area contributed by atoms with Gasteiger partial charge in [-0.2, -0.15) is 0 Å². The first-order chi connectivity index (χ1) is 14.7. The Kier molecular flexibility index (Phi) is 6.39. The summed E-state index contributed by atoms with van der Waals surface area (Å²) in [5, 5.41) is 3.43. The van der Waals surface area contributed by atoms with Gasteiger partial charge in [0.15, 0.2) is 5.96 Å². The van der Waals surface area contributed by atoms with Crippen molar-refractivity contribution in [2.45, 2.75) is 26.5 Å². The van der Waals surface area contributed by atoms with Crippen LogP contribution in [0, 0.1) is 6.92 Å². The molecule has 1 aliphatic rings. The van der Waals surface area contributed by atoms with Gasteiger partial charge in [-0.1, -0.05) is 30.3 Å². The highest BCUT2D eigenvalue weighted by Gasteiger charge is 2.25. The quantitative estimate of drug-likeness (QED) is 0.523. The number of pyridine rings is 1. The molecule has 0 radical (unpaired) electrons. The van der Waals surface area contributed by atoms with Gasteiger partial charge in [-0.25, -0.2) is 15.0 Å². The van der Waals surface area contributed by atoms with Gasteiger partial charge in [0.05, 0.1) is 19.7 Å². The van der Waals surface area contributed by atoms with Crippen LogP contribution >= 0.6 is 0 Å². The van der Waals surface area contributed by atoms with Crippen LogP contribution in [0.5, 0.6) is 0 Å². The highest BCUT2D eigenvalue weighted by Crippen LogP contribution is 2.25. The van der Waals surface area contributed by atoms with E-state index < -0.39 is 0 Å². The van der Waals surface area contributed by atoms with Crippen molar-refractivity contribution in [2.24, 2.45) is 4.99 Å². The summed E-state index contributed by atoms with van der Waals surface area (Å²) in [6.45, 7) is 7.92. The van der Waals surface area contributed by atoms with Crippen LogP contribution in [0.4, 0.5) is 0 Å². The van der Waals surface area contributed by atoms with Crippen molar-refractivity contribution in [3.8, 4) is 5.82 Å². The number of aromatic nitrogens is 3. The first kappa shape index (κ1) is 20.1. The van der Waals surface area contributed by atoms with Crippen LogP contribution in [0.3, 0.4) is 0 Å². The minimum atomic E-state index is 0.0555. The van der Waals surface area contributed by atoms with Gasteiger partial charge in [0.1, 0.15) is 18.2 Å². The molecule has 0 saturated carbocycles. The van der Waals surface area contributed by atoms with E-state index in [0.29, 0.717) is 13.2 Å². The Morgan fingerprint density at radius 3 is 2.90 bits per heavy atom. The van der Waals surface area contributed by atoms with E-state index in [1.54, 1.807) is 12.5 Å². The Morgan fingerprint density at radius 1 is 1.27 bits per heavy atom. The number of benzene rings is 1. The van der Waals surface area contributed by atoms with Crippen molar-refractivity contribution in [1.82, 2.24) is 24.8 Å². The van der Waals surface area contributed by atoms with Gasteiger partial charge >= 0.3 is 0 Å². The molecule has 0 bridgehead atoms. The lowest BCUT2D eigenvalue weighted by molar-refractivity contribution is -0.00834. The van der Waals surface area contributed by atoms with Crippen molar-refractivity contribution < 1.29 is 4.74 Å². The topological polar surface area (TPSA) is 67.6 Å². The summed E-state index contributed by atoms with van der Waals surface area (Å²) in [5.41, 5.74) is 3.57. The Bertz CT molecular complexity index is 968. The molecule has 1 fully saturated rings. The van der Waals surface area contributed by atoms with Gasteiger partial charge in [0.2, 0.25) is 0 Å². The van der Waals surface area contributed by atoms with Gasteiger partial charge in [-0.05, 0) is 36.6 Å². The maximum atomic E-state index is 6.07. The molecule has 1 saturated heterocycles. The number of aryl methyl sites for hydroxylation is 1. The van der Waals surface area contributed by atoms with Gasteiger partial charge in [-0.15, -0.1) is 0 Å². The molecule has 0 spiro atoms. The van der Waals surface area contributed by atoms with Crippen molar-refractivity contribution in [3.63, 3.8) is 0 Å². The van der Waals surface area contributed by atoms with Crippen molar-refractivity contribution in [3.05, 3.63) is 78.0 Å². The Balaban J connectivity index is 1.46. The minimum absolute atomic E-state index is 0.0555. The second-order valence-electron chi connectivity index (χ2n) is 7.33. The maximum absolute atomic E-state index is 6.07. The number of hydrogen-bond donors (Lipinski definition) is 1. The Labute approximate surface area is 177 Å². The van der Waals surface area contributed by atoms with E-state index >= 15 is 0 Å². The second-order valence-corrected chi connectivity index (χ2v) is 7.33. The molecule has 7 nitrogen and oxygen atoms in total. The molecule has 1 atom stereocenters. The molecule has 1 N–H and O–H groups in total. The number of nitrogens with one attached hydrogen (secondary N) is 1. The molecule has 4 rings (SSSR count). The van der Waals surface area contributed by atoms with Crippen LogP contribution in [-0.2, 0) is 11.3 Å². The van der Waals surface area contributed by atoms with E-state index in [9.17, 15) is 0 Å². The number of guanidine groups is 1. The van der Waals surface area contributed by atoms with Crippen LogP contribution in [0.25, 0.3) is 5.82 Å². The normalized spacial score (nSPS) is 17.2. The third-order valence-electron chi connectivity index (χ3n) is 5.23. The fourth-order valence-electron chi connectivity index (χ4n) is 3.63. The first-order valence-corrected chi connectivity index (χ1v) is 10.4. The van der Waals surface area contributed by atoms with Crippen LogP contribution in [0.15, 0.2) is 66.3 Å². The Morgan fingerprint density at radius 2 is 2.17 bits per heavy atom. The molecule has 1 unspecified atom stereocenters. The molecule has 2 aromatic heterocycles. The number of hydrogen-bond acceptors (Lipinski definition) is 4. The highest BCUT2D eigenvalue weighted by atomic mass is 16.5. The Hall–Kier alpha value is -3.19. The lowest BCUT2D eigenvalue weighted by atomic mass is 10.0. The van der Waals surface area contributed by atoms with Crippen molar-refractivity contribution in [2.75, 3.05) is 26.2 Å². The summed E-state index contributed by atoms with van der Waals surface area (Å²) < 4.78 is 7.96. The monoisotopic (exact) mass is 404 g/mol. The number of aliphatic imine (C=N–C) groups is 1. The summed E-state index contributed by atoms with van der Waals surface area (Å²) in [5.74, 6) is 1.76. The molecular formula is C23H28N6O. The smallest absolute Gasteiger partial charge is 0.194 e. The molecular weight excluding hydrogens is 376 g/mol. The van der Waals surface area contributed by atoms with Crippen LogP contribution in [-0.4, -0.2) is 51.6 Å². The largest absolute Gasteiger partial charge is 0.370 e. The molecule has 7 heteroatoms. The number of imidazole rings is 1. The van der Waals surface area contributed by atoms with E-state index in [-0.39, 0.29) is 6.10 Å². The molecule has 30 heavy (non-hydrogen) atoms. The standard InChI is InChI=1S/C23H28N6O/c1-3-25-23(27-15-19-8-9-22(26-14-19)29-11-10-24-17-29)28-12-13-30-21(16-28)20-7-5-4-6-18(20)2/h4-11,14,17,21H,3,12-13,15-16H2,1-2H3,(H,25,27). The van der Waals surface area contributed by atoms with Crippen LogP contribution in [0.1, 0.15) is 29.7 Å². The van der Waals surface area contributed by atoms with Gasteiger partial charge in [0.25, 0.3) is 0 Å².